The quantitative estimate of drug-likeness (QED) is 0.463. The zero-order valence-corrected chi connectivity index (χ0v) is 13.3. The average Bonchev–Trinajstić information content (AvgIpc) is 2.46. The van der Waals surface area contributed by atoms with Crippen molar-refractivity contribution in [3.05, 3.63) is 0 Å². The van der Waals surface area contributed by atoms with Gasteiger partial charge in [-0.05, 0) is 18.6 Å². The molecule has 0 amide bonds. The molecule has 4 N–H and O–H groups in total. The lowest BCUT2D eigenvalue weighted by Gasteiger charge is -2.39. The molecule has 1 aliphatic heterocycles. The summed E-state index contributed by atoms with van der Waals surface area (Å²) in [7, 11) is 0. The molecule has 0 aliphatic carbocycles. The zero-order chi connectivity index (χ0) is 16.0. The molecule has 1 rings (SSSR count). The Morgan fingerprint density at radius 1 is 1.14 bits per heavy atom. The minimum absolute atomic E-state index is 0.0584. The number of ether oxygens (including phenoxy) is 1. The molecule has 0 bridgehead atoms. The lowest BCUT2D eigenvalue weighted by Crippen LogP contribution is -2.57. The maximum Gasteiger partial charge on any atom is 0.135 e. The predicted molar refractivity (Wildman–Crippen MR) is 79.9 cm³/mol. The summed E-state index contributed by atoms with van der Waals surface area (Å²) >= 11 is 1.32. The van der Waals surface area contributed by atoms with Crippen molar-refractivity contribution in [3.8, 4) is 0 Å². The van der Waals surface area contributed by atoms with Crippen LogP contribution in [0.2, 0.25) is 0 Å². The first-order valence-corrected chi connectivity index (χ1v) is 8.38. The molecule has 1 saturated heterocycles. The van der Waals surface area contributed by atoms with Gasteiger partial charge in [0.15, 0.2) is 0 Å². The van der Waals surface area contributed by atoms with Crippen molar-refractivity contribution in [2.24, 2.45) is 5.92 Å². The van der Waals surface area contributed by atoms with Crippen LogP contribution in [0.5, 0.6) is 0 Å². The van der Waals surface area contributed by atoms with E-state index in [0.717, 1.165) is 12.8 Å². The highest BCUT2D eigenvalue weighted by Crippen LogP contribution is 2.29. The number of rotatable bonds is 8. The van der Waals surface area contributed by atoms with Crippen LogP contribution in [0.25, 0.3) is 0 Å². The van der Waals surface area contributed by atoms with Crippen molar-refractivity contribution in [2.75, 3.05) is 12.4 Å². The third-order valence-electron chi connectivity index (χ3n) is 3.59. The Morgan fingerprint density at radius 2 is 1.81 bits per heavy atom. The van der Waals surface area contributed by atoms with Crippen molar-refractivity contribution in [3.63, 3.8) is 0 Å². The van der Waals surface area contributed by atoms with E-state index in [1.54, 1.807) is 0 Å². The van der Waals surface area contributed by atoms with E-state index in [9.17, 15) is 20.1 Å². The van der Waals surface area contributed by atoms with Gasteiger partial charge in [0.1, 0.15) is 35.6 Å². The number of ketones is 1. The van der Waals surface area contributed by atoms with Gasteiger partial charge < -0.3 is 25.2 Å². The van der Waals surface area contributed by atoms with Crippen LogP contribution in [0.1, 0.15) is 33.1 Å². The van der Waals surface area contributed by atoms with Crippen LogP contribution >= 0.6 is 11.8 Å². The summed E-state index contributed by atoms with van der Waals surface area (Å²) in [6.45, 7) is 3.35. The topological polar surface area (TPSA) is 107 Å². The van der Waals surface area contributed by atoms with Gasteiger partial charge in [-0.2, -0.15) is 0 Å². The van der Waals surface area contributed by atoms with Gasteiger partial charge >= 0.3 is 0 Å². The first kappa shape index (κ1) is 18.9. The van der Waals surface area contributed by atoms with Crippen LogP contribution in [-0.2, 0) is 9.53 Å². The molecule has 124 valence electrons. The van der Waals surface area contributed by atoms with Gasteiger partial charge in [-0.15, -0.1) is 11.8 Å². The van der Waals surface area contributed by atoms with E-state index in [4.69, 9.17) is 9.84 Å². The molecule has 1 aliphatic rings. The molecular weight excluding hydrogens is 296 g/mol. The molecule has 0 spiro atoms. The van der Waals surface area contributed by atoms with Crippen LogP contribution in [0, 0.1) is 5.92 Å². The van der Waals surface area contributed by atoms with Crippen molar-refractivity contribution in [2.45, 2.75) is 63.0 Å². The third kappa shape index (κ3) is 5.50. The molecule has 5 atom stereocenters. The second kappa shape index (κ2) is 9.07. The Hall–Kier alpha value is -0.180. The largest absolute Gasteiger partial charge is 0.394 e. The van der Waals surface area contributed by atoms with Gasteiger partial charge in [0.25, 0.3) is 0 Å². The summed E-state index contributed by atoms with van der Waals surface area (Å²) in [5, 5.41) is 38.2. The Kier molecular flexibility index (Phi) is 8.15. The predicted octanol–water partition coefficient (Wildman–Crippen LogP) is -0.0851. The SMILES string of the molecule is CC(C)C(=O)CCCCSC1OC(CO)C(O)C(O)C1O. The number of thioether (sulfide) groups is 1. The average molecular weight is 322 g/mol. The molecule has 0 aromatic heterocycles. The second-order valence-electron chi connectivity index (χ2n) is 5.65. The van der Waals surface area contributed by atoms with Gasteiger partial charge in [0.05, 0.1) is 6.61 Å². The summed E-state index contributed by atoms with van der Waals surface area (Å²) in [4.78, 5) is 11.5. The Balaban J connectivity index is 2.29. The van der Waals surface area contributed by atoms with Crippen LogP contribution < -0.4 is 0 Å². The first-order valence-electron chi connectivity index (χ1n) is 7.33. The fourth-order valence-corrected chi connectivity index (χ4v) is 3.28. The molecule has 0 aromatic rings. The van der Waals surface area contributed by atoms with Crippen molar-refractivity contribution < 1.29 is 30.0 Å². The normalized spacial score (nSPS) is 33.4. The number of unbranched alkanes of at least 4 members (excludes halogenated alkanes) is 1. The van der Waals surface area contributed by atoms with E-state index in [1.807, 2.05) is 13.8 Å². The summed E-state index contributed by atoms with van der Waals surface area (Å²) in [6, 6.07) is 0. The Bertz CT molecular complexity index is 323. The van der Waals surface area contributed by atoms with Crippen molar-refractivity contribution >= 4 is 17.5 Å². The van der Waals surface area contributed by atoms with E-state index in [0.29, 0.717) is 12.2 Å². The molecule has 0 radical (unpaired) electrons. The summed E-state index contributed by atoms with van der Waals surface area (Å²) in [5.41, 5.74) is -0.679. The van der Waals surface area contributed by atoms with Crippen LogP contribution in [0.15, 0.2) is 0 Å². The Labute approximate surface area is 129 Å². The van der Waals surface area contributed by atoms with Crippen LogP contribution in [0.4, 0.5) is 0 Å². The van der Waals surface area contributed by atoms with E-state index < -0.39 is 36.5 Å². The highest BCUT2D eigenvalue weighted by molar-refractivity contribution is 7.99. The molecule has 6 nitrogen and oxygen atoms in total. The molecular formula is C14H26O6S. The third-order valence-corrected chi connectivity index (χ3v) is 4.83. The number of hydrogen-bond donors (Lipinski definition) is 4. The molecule has 1 heterocycles. The van der Waals surface area contributed by atoms with Gasteiger partial charge in [-0.25, -0.2) is 0 Å². The fourth-order valence-electron chi connectivity index (χ4n) is 2.09. The van der Waals surface area contributed by atoms with Crippen LogP contribution in [0.3, 0.4) is 0 Å². The maximum atomic E-state index is 11.5. The van der Waals surface area contributed by atoms with Crippen LogP contribution in [-0.4, -0.2) is 68.4 Å². The van der Waals surface area contributed by atoms with Gasteiger partial charge in [-0.3, -0.25) is 4.79 Å². The van der Waals surface area contributed by atoms with Gasteiger partial charge in [-0.1, -0.05) is 13.8 Å². The second-order valence-corrected chi connectivity index (χ2v) is 6.85. The lowest BCUT2D eigenvalue weighted by molar-refractivity contribution is -0.205. The molecule has 1 fully saturated rings. The standard InChI is InChI=1S/C14H26O6S/c1-8(2)9(16)5-3-4-6-21-14-13(19)12(18)11(17)10(7-15)20-14/h8,10-15,17-19H,3-7H2,1-2H3. The smallest absolute Gasteiger partial charge is 0.135 e. The minimum atomic E-state index is -1.32. The molecule has 0 aromatic carbocycles. The number of carbonyl (C=O) groups excluding carboxylic acids is 1. The lowest BCUT2D eigenvalue weighted by atomic mass is 10.0. The van der Waals surface area contributed by atoms with E-state index >= 15 is 0 Å². The number of carbonyl (C=O) groups is 1. The molecule has 7 heteroatoms. The first-order chi connectivity index (χ1) is 9.88. The molecule has 5 unspecified atom stereocenters. The van der Waals surface area contributed by atoms with Gasteiger partial charge in [0.2, 0.25) is 0 Å². The van der Waals surface area contributed by atoms with E-state index in [-0.39, 0.29) is 11.7 Å². The summed E-state index contributed by atoms with van der Waals surface area (Å²) in [5.74, 6) is 0.976. The van der Waals surface area contributed by atoms with E-state index in [2.05, 4.69) is 0 Å². The molecule has 21 heavy (non-hydrogen) atoms. The number of hydrogen-bond acceptors (Lipinski definition) is 7. The number of aliphatic hydroxyl groups excluding tert-OH is 4. The van der Waals surface area contributed by atoms with Crippen molar-refractivity contribution in [1.29, 1.82) is 0 Å². The summed E-state index contributed by atoms with van der Waals surface area (Å²) in [6.07, 6.45) is -2.55. The van der Waals surface area contributed by atoms with Crippen molar-refractivity contribution in [1.82, 2.24) is 0 Å². The van der Waals surface area contributed by atoms with E-state index in [1.165, 1.54) is 11.8 Å². The highest BCUT2D eigenvalue weighted by atomic mass is 32.2. The number of Topliss-reactive ketones (excluding diaryl/α,β-unsaturated/α-hetero) is 1. The number of aliphatic hydroxyl groups is 4. The molecule has 0 saturated carbocycles. The van der Waals surface area contributed by atoms with Gasteiger partial charge in [0, 0.05) is 12.3 Å². The fraction of sp³-hybridized carbons (Fsp3) is 0.929. The monoisotopic (exact) mass is 322 g/mol. The minimum Gasteiger partial charge on any atom is -0.394 e. The highest BCUT2D eigenvalue weighted by Gasteiger charge is 2.43. The zero-order valence-electron chi connectivity index (χ0n) is 12.5. The summed E-state index contributed by atoms with van der Waals surface area (Å²) < 4.78 is 5.38. The maximum absolute atomic E-state index is 11.5. The Morgan fingerprint density at radius 3 is 2.38 bits per heavy atom.